The van der Waals surface area contributed by atoms with Gasteiger partial charge in [-0.2, -0.15) is 5.10 Å². The molecule has 3 heterocycles. The number of fused-ring (bicyclic) bond motifs is 1. The molecule has 0 saturated carbocycles. The van der Waals surface area contributed by atoms with Crippen LogP contribution in [-0.4, -0.2) is 42.0 Å². The summed E-state index contributed by atoms with van der Waals surface area (Å²) in [5.74, 6) is -0.439. The molecule has 5 rings (SSSR count). The molecule has 0 aliphatic rings. The highest BCUT2D eigenvalue weighted by Gasteiger charge is 2.34. The highest BCUT2D eigenvalue weighted by molar-refractivity contribution is 7.99. The molecule has 216 valence electrons. The SMILES string of the molecule is [C-]#[N+]C(C)(C)C(=O)Nc1cn2nc(-c3cnc(C)c(C(=O)NCc4ccccc4Sc4ccccc4CO)c3)ccc2n1. The van der Waals surface area contributed by atoms with E-state index in [-0.39, 0.29) is 18.3 Å². The number of aryl methyl sites for hydroxylation is 1. The van der Waals surface area contributed by atoms with Crippen LogP contribution in [0.5, 0.6) is 0 Å². The molecule has 3 N–H and O–H groups in total. The number of nitrogens with zero attached hydrogens (tertiary/aromatic N) is 5. The quantitative estimate of drug-likeness (QED) is 0.198. The van der Waals surface area contributed by atoms with Crippen LogP contribution in [0.4, 0.5) is 5.82 Å². The summed E-state index contributed by atoms with van der Waals surface area (Å²) in [6, 6.07) is 20.8. The van der Waals surface area contributed by atoms with Gasteiger partial charge in [0.2, 0.25) is 0 Å². The summed E-state index contributed by atoms with van der Waals surface area (Å²) in [6.07, 6.45) is 3.23. The summed E-state index contributed by atoms with van der Waals surface area (Å²) < 4.78 is 1.53. The van der Waals surface area contributed by atoms with Crippen molar-refractivity contribution in [3.63, 3.8) is 0 Å². The van der Waals surface area contributed by atoms with Crippen molar-refractivity contribution in [2.45, 2.75) is 49.3 Å². The first-order valence-corrected chi connectivity index (χ1v) is 14.3. The average Bonchev–Trinajstić information content (AvgIpc) is 3.42. The monoisotopic (exact) mass is 591 g/mol. The predicted molar refractivity (Wildman–Crippen MR) is 164 cm³/mol. The fourth-order valence-corrected chi connectivity index (χ4v) is 5.26. The molecule has 5 aromatic rings. The first-order chi connectivity index (χ1) is 20.7. The molecule has 43 heavy (non-hydrogen) atoms. The largest absolute Gasteiger partial charge is 0.392 e. The molecule has 0 unspecified atom stereocenters. The molecule has 2 amide bonds. The van der Waals surface area contributed by atoms with Crippen molar-refractivity contribution in [1.82, 2.24) is 24.9 Å². The number of pyridine rings is 1. The number of rotatable bonds is 9. The van der Waals surface area contributed by atoms with Gasteiger partial charge < -0.3 is 20.6 Å². The summed E-state index contributed by atoms with van der Waals surface area (Å²) in [6.45, 7) is 12.3. The smallest absolute Gasteiger partial charge is 0.311 e. The molecule has 0 bridgehead atoms. The molecule has 0 aliphatic heterocycles. The number of carbonyl (C=O) groups is 2. The first-order valence-electron chi connectivity index (χ1n) is 13.4. The molecular formula is C32H29N7O3S. The number of aliphatic hydroxyl groups is 1. The van der Waals surface area contributed by atoms with Crippen LogP contribution >= 0.6 is 11.8 Å². The van der Waals surface area contributed by atoms with E-state index in [1.807, 2.05) is 48.5 Å². The van der Waals surface area contributed by atoms with Crippen molar-refractivity contribution in [1.29, 1.82) is 0 Å². The number of nitrogens with one attached hydrogen (secondary N) is 2. The van der Waals surface area contributed by atoms with Crippen LogP contribution in [0.1, 0.15) is 41.0 Å². The maximum absolute atomic E-state index is 13.3. The lowest BCUT2D eigenvalue weighted by atomic mass is 10.1. The van der Waals surface area contributed by atoms with Crippen molar-refractivity contribution < 1.29 is 14.7 Å². The second kappa shape index (κ2) is 12.4. The fourth-order valence-electron chi connectivity index (χ4n) is 4.19. The van der Waals surface area contributed by atoms with E-state index < -0.39 is 11.4 Å². The first kappa shape index (κ1) is 29.4. The Hall–Kier alpha value is -5.05. The lowest BCUT2D eigenvalue weighted by Crippen LogP contribution is -2.33. The van der Waals surface area contributed by atoms with Crippen molar-refractivity contribution in [3.05, 3.63) is 113 Å². The van der Waals surface area contributed by atoms with Crippen molar-refractivity contribution >= 4 is 35.0 Å². The minimum atomic E-state index is -1.22. The molecule has 0 atom stereocenters. The van der Waals surface area contributed by atoms with E-state index in [0.29, 0.717) is 34.7 Å². The number of anilines is 1. The van der Waals surface area contributed by atoms with Gasteiger partial charge >= 0.3 is 11.4 Å². The molecule has 2 aromatic carbocycles. The summed E-state index contributed by atoms with van der Waals surface area (Å²) in [5.41, 5.74) is 3.30. The third-order valence-electron chi connectivity index (χ3n) is 6.80. The molecule has 0 saturated heterocycles. The minimum Gasteiger partial charge on any atom is -0.392 e. The van der Waals surface area contributed by atoms with Crippen molar-refractivity contribution in [2.24, 2.45) is 0 Å². The van der Waals surface area contributed by atoms with E-state index in [1.54, 1.807) is 49.3 Å². The van der Waals surface area contributed by atoms with Crippen LogP contribution in [0.25, 0.3) is 21.7 Å². The lowest BCUT2D eigenvalue weighted by Gasteiger charge is -2.13. The summed E-state index contributed by atoms with van der Waals surface area (Å²) in [5, 5.41) is 20.0. The number of hydrogen-bond donors (Lipinski definition) is 3. The number of aromatic nitrogens is 4. The van der Waals surface area contributed by atoms with Gasteiger partial charge in [0.25, 0.3) is 5.91 Å². The van der Waals surface area contributed by atoms with Crippen molar-refractivity contribution in [3.8, 4) is 11.3 Å². The van der Waals surface area contributed by atoms with Crippen LogP contribution in [-0.2, 0) is 17.9 Å². The second-order valence-electron chi connectivity index (χ2n) is 10.3. The zero-order valence-electron chi connectivity index (χ0n) is 23.8. The van der Waals surface area contributed by atoms with Gasteiger partial charge in [-0.1, -0.05) is 48.2 Å². The molecule has 10 nitrogen and oxygen atoms in total. The van der Waals surface area contributed by atoms with Crippen molar-refractivity contribution in [2.75, 3.05) is 5.32 Å². The Morgan fingerprint density at radius 1 is 1.05 bits per heavy atom. The van der Waals surface area contributed by atoms with E-state index in [1.165, 1.54) is 18.4 Å². The Morgan fingerprint density at radius 3 is 2.47 bits per heavy atom. The number of carbonyl (C=O) groups excluding carboxylic acids is 2. The number of amides is 2. The molecule has 3 aromatic heterocycles. The maximum atomic E-state index is 13.3. The molecule has 0 fully saturated rings. The highest BCUT2D eigenvalue weighted by Crippen LogP contribution is 2.33. The predicted octanol–water partition coefficient (Wildman–Crippen LogP) is 5.31. The molecule has 0 spiro atoms. The van der Waals surface area contributed by atoms with E-state index >= 15 is 0 Å². The van der Waals surface area contributed by atoms with E-state index in [4.69, 9.17) is 6.57 Å². The van der Waals surface area contributed by atoms with E-state index in [9.17, 15) is 14.7 Å². The van der Waals surface area contributed by atoms with Gasteiger partial charge in [-0.25, -0.2) is 16.1 Å². The third-order valence-corrected chi connectivity index (χ3v) is 8.04. The molecular weight excluding hydrogens is 562 g/mol. The Morgan fingerprint density at radius 2 is 1.74 bits per heavy atom. The van der Waals surface area contributed by atoms with Gasteiger partial charge in [-0.3, -0.25) is 14.6 Å². The zero-order chi connectivity index (χ0) is 30.6. The summed E-state index contributed by atoms with van der Waals surface area (Å²) >= 11 is 1.55. The number of imidazole rings is 1. The van der Waals surface area contributed by atoms with Crippen LogP contribution in [0, 0.1) is 13.5 Å². The second-order valence-corrected chi connectivity index (χ2v) is 11.4. The Labute approximate surface area is 253 Å². The van der Waals surface area contributed by atoms with Gasteiger partial charge in [-0.05, 0) is 48.4 Å². The third kappa shape index (κ3) is 6.56. The van der Waals surface area contributed by atoms with Crippen LogP contribution < -0.4 is 10.6 Å². The van der Waals surface area contributed by atoms with Gasteiger partial charge in [0.15, 0.2) is 11.5 Å². The molecule has 0 radical (unpaired) electrons. The van der Waals surface area contributed by atoms with Crippen LogP contribution in [0.3, 0.4) is 0 Å². The normalized spacial score (nSPS) is 11.2. The van der Waals surface area contributed by atoms with Gasteiger partial charge in [0.05, 0.1) is 29.8 Å². The standard InChI is InChI=1S/C32H29N7O3S/c1-20-24(30(41)35-16-21-9-5-7-11-26(21)43-27-12-8-6-10-22(27)19-40)15-23(17-34-20)25-13-14-29-36-28(18-39(29)38-25)37-31(42)32(2,3)33-4/h5-15,17-18,40H,16,19H2,1-3H3,(H,35,41)(H,37,42). The summed E-state index contributed by atoms with van der Waals surface area (Å²) in [4.78, 5) is 39.8. The van der Waals surface area contributed by atoms with E-state index in [0.717, 1.165) is 20.9 Å². The highest BCUT2D eigenvalue weighted by atomic mass is 32.2. The van der Waals surface area contributed by atoms with E-state index in [2.05, 4.69) is 30.5 Å². The number of hydrogen-bond acceptors (Lipinski definition) is 7. The summed E-state index contributed by atoms with van der Waals surface area (Å²) in [7, 11) is 0. The van der Waals surface area contributed by atoms with Crippen LogP contribution in [0.15, 0.2) is 88.9 Å². The number of benzene rings is 2. The molecule has 0 aliphatic carbocycles. The Bertz CT molecular complexity index is 1880. The zero-order valence-corrected chi connectivity index (χ0v) is 24.6. The van der Waals surface area contributed by atoms with Gasteiger partial charge in [-0.15, -0.1) is 0 Å². The van der Waals surface area contributed by atoms with Gasteiger partial charge in [0, 0.05) is 41.9 Å². The fraction of sp³-hybridized carbons (Fsp3) is 0.188. The Kier molecular flexibility index (Phi) is 8.52. The number of aliphatic hydroxyl groups excluding tert-OH is 1. The Balaban J connectivity index is 1.33. The minimum absolute atomic E-state index is 0.0489. The van der Waals surface area contributed by atoms with Crippen LogP contribution in [0.2, 0.25) is 0 Å². The maximum Gasteiger partial charge on any atom is 0.311 e. The van der Waals surface area contributed by atoms with Gasteiger partial charge in [0.1, 0.15) is 0 Å². The lowest BCUT2D eigenvalue weighted by molar-refractivity contribution is -0.118. The average molecular weight is 592 g/mol. The molecule has 11 heteroatoms. The topological polar surface area (TPSA) is 126 Å².